The van der Waals surface area contributed by atoms with Gasteiger partial charge in [-0.2, -0.15) is 0 Å². The normalized spacial score (nSPS) is 13.4. The third kappa shape index (κ3) is 4.57. The van der Waals surface area contributed by atoms with Gasteiger partial charge in [0.1, 0.15) is 5.82 Å². The predicted octanol–water partition coefficient (Wildman–Crippen LogP) is 1.73. The van der Waals surface area contributed by atoms with Gasteiger partial charge in [0.15, 0.2) is 0 Å². The smallest absolute Gasteiger partial charge is 0.315 e. The first-order valence-electron chi connectivity index (χ1n) is 5.92. The molecule has 0 spiro atoms. The quantitative estimate of drug-likeness (QED) is 0.761. The third-order valence-corrected chi connectivity index (χ3v) is 2.90. The summed E-state index contributed by atoms with van der Waals surface area (Å²) in [6.45, 7) is 3.15. The Hall–Kier alpha value is -2.11. The molecule has 0 fully saturated rings. The Morgan fingerprint density at radius 1 is 1.32 bits per heavy atom. The fourth-order valence-corrected chi connectivity index (χ4v) is 1.41. The van der Waals surface area contributed by atoms with Gasteiger partial charge in [-0.1, -0.05) is 18.2 Å². The summed E-state index contributed by atoms with van der Waals surface area (Å²) < 4.78 is 13.3. The van der Waals surface area contributed by atoms with Crippen molar-refractivity contribution in [3.63, 3.8) is 0 Å². The average Bonchev–Trinajstić information content (AvgIpc) is 2.36. The van der Waals surface area contributed by atoms with Crippen LogP contribution in [0.15, 0.2) is 24.3 Å². The van der Waals surface area contributed by atoms with E-state index in [0.717, 1.165) is 0 Å². The number of amides is 2. The number of carbonyl (C=O) groups excluding carboxylic acids is 1. The van der Waals surface area contributed by atoms with Crippen LogP contribution in [0, 0.1) is 11.7 Å². The Kier molecular flexibility index (Phi) is 5.29. The summed E-state index contributed by atoms with van der Waals surface area (Å²) in [5, 5.41) is 13.8. The molecule has 2 unspecified atom stereocenters. The minimum Gasteiger partial charge on any atom is -0.481 e. The van der Waals surface area contributed by atoms with E-state index >= 15 is 0 Å². The van der Waals surface area contributed by atoms with Crippen molar-refractivity contribution in [3.8, 4) is 0 Å². The van der Waals surface area contributed by atoms with Crippen molar-refractivity contribution < 1.29 is 19.1 Å². The van der Waals surface area contributed by atoms with Gasteiger partial charge in [-0.3, -0.25) is 4.79 Å². The number of halogens is 1. The van der Waals surface area contributed by atoms with E-state index in [0.29, 0.717) is 5.56 Å². The maximum Gasteiger partial charge on any atom is 0.315 e. The molecule has 1 rings (SSSR count). The topological polar surface area (TPSA) is 78.4 Å². The van der Waals surface area contributed by atoms with Crippen molar-refractivity contribution in [1.82, 2.24) is 10.6 Å². The molecule has 104 valence electrons. The second-order valence-corrected chi connectivity index (χ2v) is 4.33. The second kappa shape index (κ2) is 6.72. The zero-order valence-corrected chi connectivity index (χ0v) is 10.8. The maximum atomic E-state index is 13.3. The average molecular weight is 268 g/mol. The van der Waals surface area contributed by atoms with Crippen LogP contribution in [-0.2, 0) is 11.3 Å². The molecular weight excluding hydrogens is 251 g/mol. The van der Waals surface area contributed by atoms with Crippen molar-refractivity contribution in [3.05, 3.63) is 35.6 Å². The molecule has 0 aliphatic rings. The minimum absolute atomic E-state index is 0.0483. The van der Waals surface area contributed by atoms with Crippen LogP contribution in [0.25, 0.3) is 0 Å². The van der Waals surface area contributed by atoms with Gasteiger partial charge in [0, 0.05) is 18.2 Å². The number of urea groups is 1. The standard InChI is InChI=1S/C13H17FN2O3/c1-8(12(17)18)9(2)16-13(19)15-7-10-5-3-4-6-11(10)14/h3-6,8-9H,7H2,1-2H3,(H,17,18)(H2,15,16,19). The highest BCUT2D eigenvalue weighted by molar-refractivity contribution is 5.76. The molecule has 0 radical (unpaired) electrons. The minimum atomic E-state index is -0.984. The Bertz CT molecular complexity index is 465. The summed E-state index contributed by atoms with van der Waals surface area (Å²) in [5.41, 5.74) is 0.372. The molecule has 1 aromatic carbocycles. The summed E-state index contributed by atoms with van der Waals surface area (Å²) in [4.78, 5) is 22.3. The summed E-state index contributed by atoms with van der Waals surface area (Å²) in [6, 6.07) is 5.08. The van der Waals surface area contributed by atoms with Crippen LogP contribution in [0.4, 0.5) is 9.18 Å². The SMILES string of the molecule is CC(NC(=O)NCc1ccccc1F)C(C)C(=O)O. The molecule has 2 atom stereocenters. The number of rotatable bonds is 5. The van der Waals surface area contributed by atoms with Gasteiger partial charge in [-0.25, -0.2) is 9.18 Å². The van der Waals surface area contributed by atoms with E-state index in [1.807, 2.05) is 0 Å². The zero-order valence-electron chi connectivity index (χ0n) is 10.8. The molecule has 2 amide bonds. The molecule has 0 aromatic heterocycles. The molecule has 6 heteroatoms. The number of aliphatic carboxylic acids is 1. The van der Waals surface area contributed by atoms with Crippen molar-refractivity contribution >= 4 is 12.0 Å². The Balaban J connectivity index is 2.44. The van der Waals surface area contributed by atoms with Crippen molar-refractivity contribution in [1.29, 1.82) is 0 Å². The van der Waals surface area contributed by atoms with Gasteiger partial charge in [-0.15, -0.1) is 0 Å². The van der Waals surface area contributed by atoms with E-state index in [1.165, 1.54) is 13.0 Å². The number of hydrogen-bond donors (Lipinski definition) is 3. The molecular formula is C13H17FN2O3. The molecule has 0 heterocycles. The van der Waals surface area contributed by atoms with Crippen LogP contribution in [-0.4, -0.2) is 23.1 Å². The van der Waals surface area contributed by atoms with E-state index in [2.05, 4.69) is 10.6 Å². The number of hydrogen-bond acceptors (Lipinski definition) is 2. The van der Waals surface area contributed by atoms with E-state index in [-0.39, 0.29) is 6.54 Å². The summed E-state index contributed by atoms with van der Waals surface area (Å²) >= 11 is 0. The molecule has 0 saturated carbocycles. The number of carbonyl (C=O) groups is 2. The lowest BCUT2D eigenvalue weighted by molar-refractivity contribution is -0.141. The zero-order chi connectivity index (χ0) is 14.4. The maximum absolute atomic E-state index is 13.3. The Morgan fingerprint density at radius 2 is 1.95 bits per heavy atom. The van der Waals surface area contributed by atoms with Gasteiger partial charge in [-0.05, 0) is 19.9 Å². The van der Waals surface area contributed by atoms with Crippen LogP contribution in [0.5, 0.6) is 0 Å². The molecule has 0 aliphatic carbocycles. The largest absolute Gasteiger partial charge is 0.481 e. The van der Waals surface area contributed by atoms with Crippen molar-refractivity contribution in [2.75, 3.05) is 0 Å². The highest BCUT2D eigenvalue weighted by Crippen LogP contribution is 2.06. The lowest BCUT2D eigenvalue weighted by Gasteiger charge is -2.18. The molecule has 3 N–H and O–H groups in total. The monoisotopic (exact) mass is 268 g/mol. The number of carboxylic acids is 1. The number of benzene rings is 1. The molecule has 0 aliphatic heterocycles. The lowest BCUT2D eigenvalue weighted by Crippen LogP contribution is -2.45. The summed E-state index contributed by atoms with van der Waals surface area (Å²) in [5.74, 6) is -2.07. The van der Waals surface area contributed by atoms with Gasteiger partial charge in [0.25, 0.3) is 0 Å². The first-order valence-corrected chi connectivity index (χ1v) is 5.92. The van der Waals surface area contributed by atoms with Gasteiger partial charge in [0.2, 0.25) is 0 Å². The van der Waals surface area contributed by atoms with Crippen molar-refractivity contribution in [2.45, 2.75) is 26.4 Å². The molecule has 0 saturated heterocycles. The molecule has 5 nitrogen and oxygen atoms in total. The summed E-state index contributed by atoms with van der Waals surface area (Å²) in [6.07, 6.45) is 0. The number of carboxylic acid groups (broad SMARTS) is 1. The fourth-order valence-electron chi connectivity index (χ4n) is 1.41. The first-order chi connectivity index (χ1) is 8.91. The predicted molar refractivity (Wildman–Crippen MR) is 68.0 cm³/mol. The van der Waals surface area contributed by atoms with Crippen LogP contribution >= 0.6 is 0 Å². The van der Waals surface area contributed by atoms with Gasteiger partial charge >= 0.3 is 12.0 Å². The van der Waals surface area contributed by atoms with Gasteiger partial charge in [0.05, 0.1) is 5.92 Å². The van der Waals surface area contributed by atoms with Crippen LogP contribution in [0.2, 0.25) is 0 Å². The second-order valence-electron chi connectivity index (χ2n) is 4.33. The Labute approximate surface area is 110 Å². The summed E-state index contributed by atoms with van der Waals surface area (Å²) in [7, 11) is 0. The van der Waals surface area contributed by atoms with Crippen LogP contribution in [0.1, 0.15) is 19.4 Å². The van der Waals surface area contributed by atoms with E-state index < -0.39 is 29.8 Å². The first kappa shape index (κ1) is 14.9. The van der Waals surface area contributed by atoms with Gasteiger partial charge < -0.3 is 15.7 Å². The third-order valence-electron chi connectivity index (χ3n) is 2.90. The Morgan fingerprint density at radius 3 is 2.53 bits per heavy atom. The van der Waals surface area contributed by atoms with E-state index in [4.69, 9.17) is 5.11 Å². The highest BCUT2D eigenvalue weighted by Gasteiger charge is 2.20. The number of nitrogens with one attached hydrogen (secondary N) is 2. The van der Waals surface area contributed by atoms with E-state index in [1.54, 1.807) is 25.1 Å². The molecule has 1 aromatic rings. The fraction of sp³-hybridized carbons (Fsp3) is 0.385. The molecule has 0 bridgehead atoms. The highest BCUT2D eigenvalue weighted by atomic mass is 19.1. The lowest BCUT2D eigenvalue weighted by atomic mass is 10.0. The van der Waals surface area contributed by atoms with E-state index in [9.17, 15) is 14.0 Å². The molecule has 19 heavy (non-hydrogen) atoms. The van der Waals surface area contributed by atoms with Crippen LogP contribution < -0.4 is 10.6 Å². The van der Waals surface area contributed by atoms with Crippen LogP contribution in [0.3, 0.4) is 0 Å². The van der Waals surface area contributed by atoms with Crippen molar-refractivity contribution in [2.24, 2.45) is 5.92 Å².